The van der Waals surface area contributed by atoms with Crippen molar-refractivity contribution in [2.24, 2.45) is 0 Å². The minimum atomic E-state index is -0.795. The summed E-state index contributed by atoms with van der Waals surface area (Å²) in [5.74, 6) is -0.720. The Hall–Kier alpha value is -1.95. The highest BCUT2D eigenvalue weighted by molar-refractivity contribution is 6.33. The monoisotopic (exact) mass is 270 g/mol. The van der Waals surface area contributed by atoms with Crippen molar-refractivity contribution in [1.82, 2.24) is 9.97 Å². The van der Waals surface area contributed by atoms with E-state index in [1.54, 1.807) is 7.05 Å². The molecule has 0 amide bonds. The zero-order chi connectivity index (χ0) is 13.1. The third-order valence-corrected chi connectivity index (χ3v) is 2.45. The third-order valence-electron chi connectivity index (χ3n) is 2.15. The molecule has 0 fully saturated rings. The lowest BCUT2D eigenvalue weighted by Crippen LogP contribution is -2.01. The Kier molecular flexibility index (Phi) is 3.57. The van der Waals surface area contributed by atoms with Gasteiger partial charge in [0.1, 0.15) is 11.6 Å². The van der Waals surface area contributed by atoms with Crippen molar-refractivity contribution in [2.45, 2.75) is 0 Å². The van der Waals surface area contributed by atoms with E-state index in [-0.39, 0.29) is 10.7 Å². The fourth-order valence-electron chi connectivity index (χ4n) is 1.34. The molecular formula is C11H9ClF2N4. The summed E-state index contributed by atoms with van der Waals surface area (Å²) in [7, 11) is 1.68. The number of aromatic nitrogens is 2. The standard InChI is InChI=1S/C11H9ClF2N4/c1-15-9-4-16-5-10(17-9)18-11-7(12)2-6(13)3-8(11)14/h2-5H,1H3,(H2,15,17,18). The van der Waals surface area contributed by atoms with Crippen LogP contribution >= 0.6 is 11.6 Å². The van der Waals surface area contributed by atoms with Gasteiger partial charge in [0, 0.05) is 13.1 Å². The van der Waals surface area contributed by atoms with Gasteiger partial charge in [-0.05, 0) is 6.07 Å². The maximum Gasteiger partial charge on any atom is 0.151 e. The van der Waals surface area contributed by atoms with Crippen molar-refractivity contribution in [2.75, 3.05) is 17.7 Å². The van der Waals surface area contributed by atoms with Gasteiger partial charge in [0.15, 0.2) is 11.6 Å². The van der Waals surface area contributed by atoms with E-state index in [2.05, 4.69) is 20.6 Å². The molecule has 0 bridgehead atoms. The molecule has 0 unspecified atom stereocenters. The lowest BCUT2D eigenvalue weighted by molar-refractivity contribution is 0.586. The highest BCUT2D eigenvalue weighted by atomic mass is 35.5. The highest BCUT2D eigenvalue weighted by Crippen LogP contribution is 2.28. The van der Waals surface area contributed by atoms with Crippen molar-refractivity contribution in [3.8, 4) is 0 Å². The smallest absolute Gasteiger partial charge is 0.151 e. The molecule has 1 aromatic carbocycles. The molecule has 0 aliphatic heterocycles. The first-order chi connectivity index (χ1) is 8.60. The molecule has 7 heteroatoms. The Morgan fingerprint density at radius 3 is 2.56 bits per heavy atom. The summed E-state index contributed by atoms with van der Waals surface area (Å²) in [5, 5.41) is 5.38. The van der Waals surface area contributed by atoms with E-state index < -0.39 is 11.6 Å². The Labute approximate surface area is 107 Å². The number of nitrogens with one attached hydrogen (secondary N) is 2. The van der Waals surface area contributed by atoms with Crippen LogP contribution in [0.3, 0.4) is 0 Å². The maximum absolute atomic E-state index is 13.5. The van der Waals surface area contributed by atoms with Crippen LogP contribution < -0.4 is 10.6 Å². The van der Waals surface area contributed by atoms with Crippen molar-refractivity contribution in [1.29, 1.82) is 0 Å². The molecule has 0 aliphatic carbocycles. The summed E-state index contributed by atoms with van der Waals surface area (Å²) in [5.41, 5.74) is -0.0411. The quantitative estimate of drug-likeness (QED) is 0.899. The summed E-state index contributed by atoms with van der Waals surface area (Å²) >= 11 is 5.75. The SMILES string of the molecule is CNc1cncc(Nc2c(F)cc(F)cc2Cl)n1. The van der Waals surface area contributed by atoms with Crippen LogP contribution in [0.15, 0.2) is 24.5 Å². The predicted molar refractivity (Wildman–Crippen MR) is 66.2 cm³/mol. The largest absolute Gasteiger partial charge is 0.372 e. The van der Waals surface area contributed by atoms with Crippen LogP contribution in [0.25, 0.3) is 0 Å². The van der Waals surface area contributed by atoms with E-state index in [1.165, 1.54) is 12.4 Å². The lowest BCUT2D eigenvalue weighted by atomic mass is 10.3. The van der Waals surface area contributed by atoms with E-state index in [0.717, 1.165) is 12.1 Å². The average Bonchev–Trinajstić information content (AvgIpc) is 2.34. The van der Waals surface area contributed by atoms with Gasteiger partial charge in [0.25, 0.3) is 0 Å². The molecule has 0 spiro atoms. The molecule has 0 saturated heterocycles. The molecule has 1 heterocycles. The van der Waals surface area contributed by atoms with E-state index in [0.29, 0.717) is 11.6 Å². The Bertz CT molecular complexity index is 554. The Morgan fingerprint density at radius 1 is 1.17 bits per heavy atom. The summed E-state index contributed by atoms with van der Waals surface area (Å²) in [6, 6.07) is 1.76. The fourth-order valence-corrected chi connectivity index (χ4v) is 1.58. The summed E-state index contributed by atoms with van der Waals surface area (Å²) in [4.78, 5) is 7.99. The van der Waals surface area contributed by atoms with E-state index in [1.807, 2.05) is 0 Å². The second-order valence-corrected chi connectivity index (χ2v) is 3.82. The Morgan fingerprint density at radius 2 is 1.89 bits per heavy atom. The van der Waals surface area contributed by atoms with Gasteiger partial charge in [-0.2, -0.15) is 0 Å². The second kappa shape index (κ2) is 5.14. The molecule has 0 atom stereocenters. The number of anilines is 3. The van der Waals surface area contributed by atoms with E-state index >= 15 is 0 Å². The fraction of sp³-hybridized carbons (Fsp3) is 0.0909. The van der Waals surface area contributed by atoms with Crippen LogP contribution in [0.2, 0.25) is 5.02 Å². The molecule has 0 radical (unpaired) electrons. The lowest BCUT2D eigenvalue weighted by Gasteiger charge is -2.09. The van der Waals surface area contributed by atoms with Crippen molar-refractivity contribution >= 4 is 28.9 Å². The van der Waals surface area contributed by atoms with Gasteiger partial charge < -0.3 is 10.6 Å². The molecule has 1 aromatic heterocycles. The number of hydrogen-bond acceptors (Lipinski definition) is 4. The van der Waals surface area contributed by atoms with Gasteiger partial charge in [0.2, 0.25) is 0 Å². The molecule has 0 saturated carbocycles. The van der Waals surface area contributed by atoms with Gasteiger partial charge in [-0.1, -0.05) is 11.6 Å². The summed E-state index contributed by atoms with van der Waals surface area (Å²) < 4.78 is 26.4. The predicted octanol–water partition coefficient (Wildman–Crippen LogP) is 3.19. The summed E-state index contributed by atoms with van der Waals surface area (Å²) in [6.45, 7) is 0. The first-order valence-corrected chi connectivity index (χ1v) is 5.39. The maximum atomic E-state index is 13.5. The van der Waals surface area contributed by atoms with Crippen molar-refractivity contribution in [3.63, 3.8) is 0 Å². The molecule has 2 N–H and O–H groups in total. The zero-order valence-corrected chi connectivity index (χ0v) is 10.1. The normalized spacial score (nSPS) is 10.2. The van der Waals surface area contributed by atoms with Crippen LogP contribution in [0, 0.1) is 11.6 Å². The number of hydrogen-bond donors (Lipinski definition) is 2. The van der Waals surface area contributed by atoms with Crippen molar-refractivity contribution in [3.05, 3.63) is 41.2 Å². The van der Waals surface area contributed by atoms with Crippen LogP contribution in [-0.2, 0) is 0 Å². The minimum absolute atomic E-state index is 0.0411. The average molecular weight is 271 g/mol. The molecule has 4 nitrogen and oxygen atoms in total. The van der Waals surface area contributed by atoms with Gasteiger partial charge >= 0.3 is 0 Å². The third kappa shape index (κ3) is 2.65. The van der Waals surface area contributed by atoms with Gasteiger partial charge in [-0.25, -0.2) is 13.8 Å². The number of nitrogens with zero attached hydrogens (tertiary/aromatic N) is 2. The van der Waals surface area contributed by atoms with Crippen LogP contribution in [0.1, 0.15) is 0 Å². The molecule has 2 aromatic rings. The molecular weight excluding hydrogens is 262 g/mol. The molecule has 0 aliphatic rings. The summed E-state index contributed by atoms with van der Waals surface area (Å²) in [6.07, 6.45) is 2.91. The number of benzene rings is 1. The Balaban J connectivity index is 2.33. The number of halogens is 3. The van der Waals surface area contributed by atoms with Gasteiger partial charge in [-0.3, -0.25) is 4.98 Å². The van der Waals surface area contributed by atoms with E-state index in [4.69, 9.17) is 11.6 Å². The number of rotatable bonds is 3. The topological polar surface area (TPSA) is 49.8 Å². The second-order valence-electron chi connectivity index (χ2n) is 3.41. The highest BCUT2D eigenvalue weighted by Gasteiger charge is 2.11. The first-order valence-electron chi connectivity index (χ1n) is 5.01. The molecule has 18 heavy (non-hydrogen) atoms. The minimum Gasteiger partial charge on any atom is -0.372 e. The van der Waals surface area contributed by atoms with Crippen LogP contribution in [0.4, 0.5) is 26.1 Å². The van der Waals surface area contributed by atoms with E-state index in [9.17, 15) is 8.78 Å². The molecule has 94 valence electrons. The van der Waals surface area contributed by atoms with Crippen LogP contribution in [-0.4, -0.2) is 17.0 Å². The zero-order valence-electron chi connectivity index (χ0n) is 9.34. The first kappa shape index (κ1) is 12.5. The van der Waals surface area contributed by atoms with Gasteiger partial charge in [0.05, 0.1) is 23.1 Å². The van der Waals surface area contributed by atoms with Crippen molar-refractivity contribution < 1.29 is 8.78 Å². The van der Waals surface area contributed by atoms with Gasteiger partial charge in [-0.15, -0.1) is 0 Å². The molecule has 2 rings (SSSR count). The van der Waals surface area contributed by atoms with Crippen LogP contribution in [0.5, 0.6) is 0 Å².